The number of hydrogen-bond acceptors (Lipinski definition) is 4. The van der Waals surface area contributed by atoms with E-state index >= 15 is 0 Å². The van der Waals surface area contributed by atoms with E-state index in [0.29, 0.717) is 38.3 Å². The van der Waals surface area contributed by atoms with Crippen LogP contribution >= 0.6 is 0 Å². The van der Waals surface area contributed by atoms with Crippen LogP contribution in [0.2, 0.25) is 0 Å². The van der Waals surface area contributed by atoms with Crippen molar-refractivity contribution >= 4 is 11.8 Å². The second-order valence-corrected chi connectivity index (χ2v) is 8.09. The van der Waals surface area contributed by atoms with E-state index in [0.717, 1.165) is 13.0 Å². The second-order valence-electron chi connectivity index (χ2n) is 8.09. The molecule has 27 heavy (non-hydrogen) atoms. The molecule has 1 atom stereocenters. The van der Waals surface area contributed by atoms with Crippen molar-refractivity contribution in [3.63, 3.8) is 0 Å². The Kier molecular flexibility index (Phi) is 5.19. The molecule has 1 unspecified atom stereocenters. The Hall–Kier alpha value is -1.92. The van der Waals surface area contributed by atoms with Gasteiger partial charge in [0.25, 0.3) is 0 Å². The number of fused-ring (bicyclic) bond motifs is 2. The van der Waals surface area contributed by atoms with Gasteiger partial charge in [-0.2, -0.15) is 0 Å². The summed E-state index contributed by atoms with van der Waals surface area (Å²) < 4.78 is 6.53. The SMILES string of the molecule is O=C(CC1Cc2ccccc2C2(CCN(C(=O)CO)CC2)O1)NCC1CC1. The van der Waals surface area contributed by atoms with Gasteiger partial charge in [-0.3, -0.25) is 9.59 Å². The van der Waals surface area contributed by atoms with E-state index < -0.39 is 12.2 Å². The van der Waals surface area contributed by atoms with Gasteiger partial charge in [0.15, 0.2) is 0 Å². The number of nitrogens with one attached hydrogen (secondary N) is 1. The van der Waals surface area contributed by atoms with Crippen molar-refractivity contribution in [2.45, 2.75) is 50.2 Å². The standard InChI is InChI=1S/C21H28N2O4/c24-14-20(26)23-9-7-21(8-10-23)18-4-2-1-3-16(18)11-17(27-21)12-19(25)22-13-15-5-6-15/h1-4,15,17,24H,5-14H2,(H,22,25). The summed E-state index contributed by atoms with van der Waals surface area (Å²) in [5.74, 6) is 0.501. The number of hydrogen-bond donors (Lipinski definition) is 2. The largest absolute Gasteiger partial charge is 0.387 e. The molecule has 146 valence electrons. The average Bonchev–Trinajstić information content (AvgIpc) is 3.51. The number of amides is 2. The molecule has 0 bridgehead atoms. The maximum Gasteiger partial charge on any atom is 0.248 e. The molecule has 4 rings (SSSR count). The molecule has 0 radical (unpaired) electrons. The molecule has 6 heteroatoms. The molecule has 1 aromatic rings. The Morgan fingerprint density at radius 2 is 1.96 bits per heavy atom. The van der Waals surface area contributed by atoms with Gasteiger partial charge < -0.3 is 20.1 Å². The van der Waals surface area contributed by atoms with Crippen molar-refractivity contribution in [2.75, 3.05) is 26.2 Å². The maximum absolute atomic E-state index is 12.3. The third kappa shape index (κ3) is 4.01. The van der Waals surface area contributed by atoms with E-state index in [9.17, 15) is 9.59 Å². The Balaban J connectivity index is 1.47. The predicted octanol–water partition coefficient (Wildman–Crippen LogP) is 1.35. The summed E-state index contributed by atoms with van der Waals surface area (Å²) in [5.41, 5.74) is 1.99. The van der Waals surface area contributed by atoms with Crippen molar-refractivity contribution in [3.8, 4) is 0 Å². The minimum atomic E-state index is -0.450. The van der Waals surface area contributed by atoms with Gasteiger partial charge in [-0.25, -0.2) is 0 Å². The lowest BCUT2D eigenvalue weighted by molar-refractivity contribution is -0.158. The third-order valence-electron chi connectivity index (χ3n) is 6.11. The number of carbonyl (C=O) groups is 2. The van der Waals surface area contributed by atoms with Gasteiger partial charge in [0.1, 0.15) is 6.61 Å². The molecular weight excluding hydrogens is 344 g/mol. The van der Waals surface area contributed by atoms with Crippen molar-refractivity contribution in [2.24, 2.45) is 5.92 Å². The highest BCUT2D eigenvalue weighted by Gasteiger charge is 2.44. The zero-order chi connectivity index (χ0) is 18.9. The van der Waals surface area contributed by atoms with E-state index in [-0.39, 0.29) is 17.9 Å². The summed E-state index contributed by atoms with van der Waals surface area (Å²) in [5, 5.41) is 12.2. The Morgan fingerprint density at radius 1 is 1.22 bits per heavy atom. The predicted molar refractivity (Wildman–Crippen MR) is 99.9 cm³/mol. The van der Waals surface area contributed by atoms with Crippen LogP contribution in [0.1, 0.15) is 43.2 Å². The van der Waals surface area contributed by atoms with Crippen LogP contribution in [-0.2, 0) is 26.3 Å². The minimum absolute atomic E-state index is 0.0642. The molecule has 1 saturated carbocycles. The Bertz CT molecular complexity index is 708. The highest BCUT2D eigenvalue weighted by molar-refractivity contribution is 5.77. The van der Waals surface area contributed by atoms with Crippen molar-refractivity contribution in [3.05, 3.63) is 35.4 Å². The monoisotopic (exact) mass is 372 g/mol. The van der Waals surface area contributed by atoms with Crippen molar-refractivity contribution < 1.29 is 19.4 Å². The van der Waals surface area contributed by atoms with Crippen LogP contribution in [0.4, 0.5) is 0 Å². The molecule has 6 nitrogen and oxygen atoms in total. The molecule has 2 amide bonds. The van der Waals surface area contributed by atoms with E-state index in [1.54, 1.807) is 4.90 Å². The third-order valence-corrected chi connectivity index (χ3v) is 6.11. The number of nitrogens with zero attached hydrogens (tertiary/aromatic N) is 1. The molecule has 2 aliphatic heterocycles. The average molecular weight is 372 g/mol. The van der Waals surface area contributed by atoms with Crippen molar-refractivity contribution in [1.29, 1.82) is 0 Å². The van der Waals surface area contributed by atoms with Crippen LogP contribution in [0.15, 0.2) is 24.3 Å². The zero-order valence-corrected chi connectivity index (χ0v) is 15.7. The smallest absolute Gasteiger partial charge is 0.248 e. The summed E-state index contributed by atoms with van der Waals surface area (Å²) in [6.07, 6.45) is 4.81. The van der Waals surface area contributed by atoms with Crippen LogP contribution in [0.3, 0.4) is 0 Å². The van der Waals surface area contributed by atoms with Gasteiger partial charge in [-0.15, -0.1) is 0 Å². The maximum atomic E-state index is 12.3. The quantitative estimate of drug-likeness (QED) is 0.818. The molecule has 1 aromatic carbocycles. The molecule has 3 aliphatic rings. The highest BCUT2D eigenvalue weighted by atomic mass is 16.5. The van der Waals surface area contributed by atoms with Crippen LogP contribution in [0.5, 0.6) is 0 Å². The Labute approximate surface area is 159 Å². The van der Waals surface area contributed by atoms with E-state index in [1.165, 1.54) is 24.0 Å². The molecule has 2 fully saturated rings. The molecule has 1 aliphatic carbocycles. The van der Waals surface area contributed by atoms with Gasteiger partial charge in [0, 0.05) is 19.6 Å². The van der Waals surface area contributed by atoms with Gasteiger partial charge in [-0.05, 0) is 49.1 Å². The van der Waals surface area contributed by atoms with Gasteiger partial charge >= 0.3 is 0 Å². The Morgan fingerprint density at radius 3 is 2.67 bits per heavy atom. The van der Waals surface area contributed by atoms with Crippen LogP contribution in [0.25, 0.3) is 0 Å². The first-order valence-electron chi connectivity index (χ1n) is 10.0. The van der Waals surface area contributed by atoms with E-state index in [1.807, 2.05) is 12.1 Å². The first-order chi connectivity index (χ1) is 13.1. The van der Waals surface area contributed by atoms with Crippen LogP contribution in [0, 0.1) is 5.92 Å². The number of carbonyl (C=O) groups excluding carboxylic acids is 2. The number of likely N-dealkylation sites (tertiary alicyclic amines) is 1. The zero-order valence-electron chi connectivity index (χ0n) is 15.7. The number of rotatable bonds is 5. The first-order valence-corrected chi connectivity index (χ1v) is 10.0. The van der Waals surface area contributed by atoms with Crippen LogP contribution in [-0.4, -0.2) is 54.2 Å². The van der Waals surface area contributed by atoms with Gasteiger partial charge in [-0.1, -0.05) is 24.3 Å². The fraction of sp³-hybridized carbons (Fsp3) is 0.619. The fourth-order valence-corrected chi connectivity index (χ4v) is 4.39. The molecule has 1 saturated heterocycles. The summed E-state index contributed by atoms with van der Waals surface area (Å²) in [6, 6.07) is 8.30. The first kappa shape index (κ1) is 18.4. The molecule has 0 aromatic heterocycles. The van der Waals surface area contributed by atoms with Gasteiger partial charge in [0.05, 0.1) is 18.1 Å². The molecule has 2 heterocycles. The number of piperidine rings is 1. The summed E-state index contributed by atoms with van der Waals surface area (Å²) in [6.45, 7) is 1.46. The normalized spacial score (nSPS) is 23.7. The lowest BCUT2D eigenvalue weighted by atomic mass is 9.78. The van der Waals surface area contributed by atoms with Crippen molar-refractivity contribution in [1.82, 2.24) is 10.2 Å². The van der Waals surface area contributed by atoms with E-state index in [4.69, 9.17) is 9.84 Å². The molecule has 1 spiro atoms. The summed E-state index contributed by atoms with van der Waals surface area (Å²) in [4.78, 5) is 25.8. The summed E-state index contributed by atoms with van der Waals surface area (Å²) in [7, 11) is 0. The lowest BCUT2D eigenvalue weighted by Crippen LogP contribution is -2.51. The highest BCUT2D eigenvalue weighted by Crippen LogP contribution is 2.43. The second kappa shape index (κ2) is 7.60. The number of aliphatic hydroxyl groups is 1. The van der Waals surface area contributed by atoms with Crippen LogP contribution < -0.4 is 5.32 Å². The number of aliphatic hydroxyl groups excluding tert-OH is 1. The number of ether oxygens (including phenoxy) is 1. The fourth-order valence-electron chi connectivity index (χ4n) is 4.39. The topological polar surface area (TPSA) is 78.9 Å². The molecule has 2 N–H and O–H groups in total. The summed E-state index contributed by atoms with van der Waals surface area (Å²) >= 11 is 0. The van der Waals surface area contributed by atoms with Gasteiger partial charge in [0.2, 0.25) is 11.8 Å². The minimum Gasteiger partial charge on any atom is -0.387 e. The molecular formula is C21H28N2O4. The van der Waals surface area contributed by atoms with E-state index in [2.05, 4.69) is 17.4 Å². The number of benzene rings is 1. The lowest BCUT2D eigenvalue weighted by Gasteiger charge is -2.47.